The van der Waals surface area contributed by atoms with Gasteiger partial charge in [-0.25, -0.2) is 4.98 Å². The highest BCUT2D eigenvalue weighted by Gasteiger charge is 2.04. The van der Waals surface area contributed by atoms with E-state index < -0.39 is 0 Å². The smallest absolute Gasteiger partial charge is 0.224 e. The Morgan fingerprint density at radius 1 is 0.960 bits per heavy atom. The van der Waals surface area contributed by atoms with Crippen molar-refractivity contribution >= 4 is 23.4 Å². The highest BCUT2D eigenvalue weighted by molar-refractivity contribution is 6.30. The summed E-state index contributed by atoms with van der Waals surface area (Å²) in [6, 6.07) is 9.85. The van der Waals surface area contributed by atoms with Crippen LogP contribution in [0.2, 0.25) is 5.02 Å². The predicted molar refractivity (Wildman–Crippen MR) is 105 cm³/mol. The van der Waals surface area contributed by atoms with Crippen LogP contribution in [0.3, 0.4) is 0 Å². The molecule has 1 aliphatic rings. The number of halogens is 1. The Balaban J connectivity index is 1.42. The summed E-state index contributed by atoms with van der Waals surface area (Å²) in [4.78, 5) is 8.83. The molecular weight excluding hydrogens is 332 g/mol. The molecule has 25 heavy (non-hydrogen) atoms. The number of aromatic nitrogens is 2. The molecule has 0 atom stereocenters. The van der Waals surface area contributed by atoms with Crippen LogP contribution in [0, 0.1) is 0 Å². The van der Waals surface area contributed by atoms with E-state index in [0.29, 0.717) is 5.95 Å². The Labute approximate surface area is 154 Å². The summed E-state index contributed by atoms with van der Waals surface area (Å²) >= 11 is 5.91. The first-order chi connectivity index (χ1) is 12.3. The van der Waals surface area contributed by atoms with E-state index in [1.807, 2.05) is 18.2 Å². The average Bonchev–Trinajstić information content (AvgIpc) is 2.65. The molecule has 0 bridgehead atoms. The van der Waals surface area contributed by atoms with Gasteiger partial charge in [-0.15, -0.1) is 0 Å². The van der Waals surface area contributed by atoms with Crippen molar-refractivity contribution in [3.05, 3.63) is 58.8 Å². The molecule has 1 heterocycles. The van der Waals surface area contributed by atoms with Gasteiger partial charge < -0.3 is 10.6 Å². The first kappa shape index (κ1) is 17.7. The molecule has 2 aromatic rings. The van der Waals surface area contributed by atoms with Crippen LogP contribution in [0.1, 0.15) is 37.7 Å². The van der Waals surface area contributed by atoms with Crippen molar-refractivity contribution in [1.29, 1.82) is 0 Å². The van der Waals surface area contributed by atoms with Crippen LogP contribution in [-0.2, 0) is 6.42 Å². The molecule has 0 fully saturated rings. The number of rotatable bonds is 8. The van der Waals surface area contributed by atoms with Gasteiger partial charge in [-0.05, 0) is 62.3 Å². The lowest BCUT2D eigenvalue weighted by Gasteiger charge is -2.13. The third-order valence-corrected chi connectivity index (χ3v) is 4.65. The Hall–Kier alpha value is -2.07. The first-order valence-electron chi connectivity index (χ1n) is 9.03. The zero-order valence-electron chi connectivity index (χ0n) is 14.5. The van der Waals surface area contributed by atoms with Crippen LogP contribution in [0.5, 0.6) is 0 Å². The minimum Gasteiger partial charge on any atom is -0.370 e. The summed E-state index contributed by atoms with van der Waals surface area (Å²) < 4.78 is 0. The zero-order chi connectivity index (χ0) is 17.3. The van der Waals surface area contributed by atoms with E-state index in [0.717, 1.165) is 36.8 Å². The standard InChI is InChI=1S/C20H25ClN4/c21-18-8-6-17(7-9-18)10-13-22-19-12-15-24-20(25-19)23-14-11-16-4-2-1-3-5-16/h4,6-9,12,15H,1-3,5,10-11,13-14H2,(H2,22,23,24,25). The number of nitrogens with zero attached hydrogens (tertiary/aromatic N) is 2. The number of hydrogen-bond donors (Lipinski definition) is 2. The maximum atomic E-state index is 5.91. The van der Waals surface area contributed by atoms with E-state index in [1.54, 1.807) is 11.8 Å². The molecule has 5 heteroatoms. The highest BCUT2D eigenvalue weighted by atomic mass is 35.5. The normalized spacial score (nSPS) is 14.0. The van der Waals surface area contributed by atoms with Gasteiger partial charge in [0.15, 0.2) is 0 Å². The van der Waals surface area contributed by atoms with Crippen molar-refractivity contribution in [2.45, 2.75) is 38.5 Å². The fourth-order valence-corrected chi connectivity index (χ4v) is 3.12. The minimum absolute atomic E-state index is 0.688. The molecule has 1 aromatic heterocycles. The number of allylic oxidation sites excluding steroid dienone is 1. The third-order valence-electron chi connectivity index (χ3n) is 4.40. The van der Waals surface area contributed by atoms with Gasteiger partial charge in [-0.2, -0.15) is 4.98 Å². The fraction of sp³-hybridized carbons (Fsp3) is 0.400. The van der Waals surface area contributed by atoms with Crippen molar-refractivity contribution in [2.75, 3.05) is 23.7 Å². The number of nitrogens with one attached hydrogen (secondary N) is 2. The molecule has 1 aromatic carbocycles. The van der Waals surface area contributed by atoms with Gasteiger partial charge in [-0.3, -0.25) is 0 Å². The molecule has 1 aliphatic carbocycles. The summed E-state index contributed by atoms with van der Waals surface area (Å²) in [7, 11) is 0. The maximum Gasteiger partial charge on any atom is 0.224 e. The van der Waals surface area contributed by atoms with Crippen LogP contribution < -0.4 is 10.6 Å². The van der Waals surface area contributed by atoms with Crippen molar-refractivity contribution in [3.8, 4) is 0 Å². The summed E-state index contributed by atoms with van der Waals surface area (Å²) in [6.45, 7) is 1.71. The second-order valence-electron chi connectivity index (χ2n) is 6.35. The Kier molecular flexibility index (Phi) is 6.69. The third kappa shape index (κ3) is 6.05. The SMILES string of the molecule is Clc1ccc(CCNc2ccnc(NCCC3=CCCCC3)n2)cc1. The zero-order valence-corrected chi connectivity index (χ0v) is 15.2. The topological polar surface area (TPSA) is 49.8 Å². The molecule has 0 aliphatic heterocycles. The van der Waals surface area contributed by atoms with Crippen LogP contribution in [0.25, 0.3) is 0 Å². The first-order valence-corrected chi connectivity index (χ1v) is 9.40. The van der Waals surface area contributed by atoms with Crippen molar-refractivity contribution in [3.63, 3.8) is 0 Å². The van der Waals surface area contributed by atoms with Gasteiger partial charge in [0.2, 0.25) is 5.95 Å². The van der Waals surface area contributed by atoms with Crippen LogP contribution in [0.4, 0.5) is 11.8 Å². The van der Waals surface area contributed by atoms with Crippen molar-refractivity contribution in [1.82, 2.24) is 9.97 Å². The molecule has 0 amide bonds. The molecule has 0 spiro atoms. The second kappa shape index (κ2) is 9.42. The highest BCUT2D eigenvalue weighted by Crippen LogP contribution is 2.20. The fourth-order valence-electron chi connectivity index (χ4n) is 2.99. The van der Waals surface area contributed by atoms with E-state index in [4.69, 9.17) is 11.6 Å². The van der Waals surface area contributed by atoms with Gasteiger partial charge in [0.25, 0.3) is 0 Å². The van der Waals surface area contributed by atoms with Crippen LogP contribution in [-0.4, -0.2) is 23.1 Å². The summed E-state index contributed by atoms with van der Waals surface area (Å²) in [5.41, 5.74) is 2.82. The van der Waals surface area contributed by atoms with Gasteiger partial charge in [0.05, 0.1) is 0 Å². The van der Waals surface area contributed by atoms with Gasteiger partial charge in [0, 0.05) is 24.3 Å². The molecular formula is C20H25ClN4. The van der Waals surface area contributed by atoms with Crippen molar-refractivity contribution < 1.29 is 0 Å². The van der Waals surface area contributed by atoms with Crippen LogP contribution in [0.15, 0.2) is 48.2 Å². The molecule has 0 radical (unpaired) electrons. The number of benzene rings is 1. The quantitative estimate of drug-likeness (QED) is 0.647. The van der Waals surface area contributed by atoms with E-state index in [1.165, 1.54) is 31.2 Å². The Bertz CT molecular complexity index is 697. The van der Waals surface area contributed by atoms with Gasteiger partial charge >= 0.3 is 0 Å². The predicted octanol–water partition coefficient (Wildman–Crippen LogP) is 5.09. The second-order valence-corrected chi connectivity index (χ2v) is 6.79. The van der Waals surface area contributed by atoms with Gasteiger partial charge in [-0.1, -0.05) is 35.4 Å². The maximum absolute atomic E-state index is 5.91. The number of anilines is 2. The lowest BCUT2D eigenvalue weighted by atomic mass is 9.97. The lowest BCUT2D eigenvalue weighted by molar-refractivity contribution is 0.679. The molecule has 4 nitrogen and oxygen atoms in total. The summed E-state index contributed by atoms with van der Waals surface area (Å²) in [6.07, 6.45) is 11.3. The van der Waals surface area contributed by atoms with Crippen molar-refractivity contribution in [2.24, 2.45) is 0 Å². The molecule has 3 rings (SSSR count). The monoisotopic (exact) mass is 356 g/mol. The van der Waals surface area contributed by atoms with E-state index in [2.05, 4.69) is 38.8 Å². The minimum atomic E-state index is 0.688. The van der Waals surface area contributed by atoms with E-state index in [9.17, 15) is 0 Å². The largest absolute Gasteiger partial charge is 0.370 e. The molecule has 132 valence electrons. The Morgan fingerprint density at radius 2 is 1.80 bits per heavy atom. The van der Waals surface area contributed by atoms with E-state index in [-0.39, 0.29) is 0 Å². The summed E-state index contributed by atoms with van der Waals surface area (Å²) in [5.74, 6) is 1.54. The molecule has 0 saturated carbocycles. The summed E-state index contributed by atoms with van der Waals surface area (Å²) in [5, 5.41) is 7.45. The number of hydrogen-bond acceptors (Lipinski definition) is 4. The molecule has 0 saturated heterocycles. The molecule has 0 unspecified atom stereocenters. The van der Waals surface area contributed by atoms with E-state index >= 15 is 0 Å². The average molecular weight is 357 g/mol. The molecule has 2 N–H and O–H groups in total. The Morgan fingerprint density at radius 3 is 2.60 bits per heavy atom. The van der Waals surface area contributed by atoms with Gasteiger partial charge in [0.1, 0.15) is 5.82 Å². The van der Waals surface area contributed by atoms with Crippen LogP contribution >= 0.6 is 11.6 Å². The lowest BCUT2D eigenvalue weighted by Crippen LogP contribution is -2.10.